The van der Waals surface area contributed by atoms with Crippen LogP contribution >= 0.6 is 11.3 Å². The third-order valence-corrected chi connectivity index (χ3v) is 8.53. The van der Waals surface area contributed by atoms with E-state index < -0.39 is 18.2 Å². The number of aliphatic imine (C=N–C) groups is 1. The number of amides is 2. The van der Waals surface area contributed by atoms with Crippen LogP contribution in [0.4, 0.5) is 0 Å². The lowest BCUT2D eigenvalue weighted by molar-refractivity contribution is -0.138. The molecule has 1 aromatic heterocycles. The van der Waals surface area contributed by atoms with Crippen LogP contribution in [0.25, 0.3) is 10.4 Å². The number of fused-ring (bicyclic) bond motifs is 1. The Balaban J connectivity index is 1.33. The largest absolute Gasteiger partial charge is 0.391 e. The molecule has 1 unspecified atom stereocenters. The Kier molecular flexibility index (Phi) is 7.96. The Morgan fingerprint density at radius 1 is 1.25 bits per heavy atom. The Morgan fingerprint density at radius 3 is 2.65 bits per heavy atom. The number of rotatable bonds is 7. The summed E-state index contributed by atoms with van der Waals surface area (Å²) in [7, 11) is 0. The maximum atomic E-state index is 14.0. The lowest BCUT2D eigenvalue weighted by atomic mass is 10.00. The molecule has 0 radical (unpaired) electrons. The van der Waals surface area contributed by atoms with Crippen LogP contribution in [0.3, 0.4) is 0 Å². The highest BCUT2D eigenvalue weighted by Gasteiger charge is 2.45. The first-order valence-corrected chi connectivity index (χ1v) is 14.2. The topological polar surface area (TPSA) is 122 Å². The molecule has 2 N–H and O–H groups in total. The number of amidine groups is 1. The van der Waals surface area contributed by atoms with E-state index in [1.54, 1.807) is 27.2 Å². The van der Waals surface area contributed by atoms with Gasteiger partial charge in [0.1, 0.15) is 11.9 Å². The zero-order valence-electron chi connectivity index (χ0n) is 22.7. The SMILES string of the molecule is Cc1ncsc1-c1ccc(CNC(=NC#N)[C@@H]2C[C@@H](O)CN2C(=O)C(C(C)C)N2Cc3ccccc3C2=O)cc1. The molecule has 0 bridgehead atoms. The van der Waals surface area contributed by atoms with Crippen LogP contribution in [0.5, 0.6) is 0 Å². The summed E-state index contributed by atoms with van der Waals surface area (Å²) in [5.41, 5.74) is 6.40. The third-order valence-electron chi connectivity index (χ3n) is 7.55. The number of thiazole rings is 1. The second kappa shape index (κ2) is 11.6. The van der Waals surface area contributed by atoms with Crippen LogP contribution in [0, 0.1) is 24.3 Å². The van der Waals surface area contributed by atoms with Crippen molar-refractivity contribution < 1.29 is 14.7 Å². The van der Waals surface area contributed by atoms with Crippen molar-refractivity contribution in [1.29, 1.82) is 5.26 Å². The van der Waals surface area contributed by atoms with Crippen LogP contribution in [0.1, 0.15) is 47.4 Å². The van der Waals surface area contributed by atoms with E-state index in [-0.39, 0.29) is 30.7 Å². The Labute approximate surface area is 237 Å². The van der Waals surface area contributed by atoms with Gasteiger partial charge < -0.3 is 20.2 Å². The van der Waals surface area contributed by atoms with Crippen LogP contribution < -0.4 is 5.32 Å². The van der Waals surface area contributed by atoms with Crippen LogP contribution in [0.2, 0.25) is 0 Å². The summed E-state index contributed by atoms with van der Waals surface area (Å²) >= 11 is 1.60. The summed E-state index contributed by atoms with van der Waals surface area (Å²) in [4.78, 5) is 39.9. The summed E-state index contributed by atoms with van der Waals surface area (Å²) in [6.07, 6.45) is 1.34. The minimum absolute atomic E-state index is 0.108. The highest BCUT2D eigenvalue weighted by Crippen LogP contribution is 2.31. The van der Waals surface area contributed by atoms with E-state index in [4.69, 9.17) is 0 Å². The molecule has 5 rings (SSSR count). The molecular formula is C30H32N6O3S. The van der Waals surface area contributed by atoms with Gasteiger partial charge in [0.2, 0.25) is 12.1 Å². The van der Waals surface area contributed by atoms with Crippen LogP contribution in [0.15, 0.2) is 59.0 Å². The molecule has 10 heteroatoms. The third kappa shape index (κ3) is 5.35. The number of likely N-dealkylation sites (tertiary alicyclic amines) is 1. The number of nitrogens with one attached hydrogen (secondary N) is 1. The van der Waals surface area contributed by atoms with E-state index in [0.29, 0.717) is 24.5 Å². The molecule has 0 aliphatic carbocycles. The van der Waals surface area contributed by atoms with Crippen molar-refractivity contribution >= 4 is 29.0 Å². The smallest absolute Gasteiger partial charge is 0.255 e. The first-order chi connectivity index (χ1) is 19.3. The molecule has 3 atom stereocenters. The second-order valence-electron chi connectivity index (χ2n) is 10.6. The molecule has 40 heavy (non-hydrogen) atoms. The van der Waals surface area contributed by atoms with Gasteiger partial charge in [-0.05, 0) is 35.6 Å². The van der Waals surface area contributed by atoms with Crippen LogP contribution in [-0.2, 0) is 17.9 Å². The van der Waals surface area contributed by atoms with Gasteiger partial charge in [-0.1, -0.05) is 56.3 Å². The minimum Gasteiger partial charge on any atom is -0.391 e. The number of aryl methyl sites for hydroxylation is 1. The number of aliphatic hydroxyl groups is 1. The number of hydrogen-bond acceptors (Lipinski definition) is 7. The molecule has 9 nitrogen and oxygen atoms in total. The molecular weight excluding hydrogens is 524 g/mol. The second-order valence-corrected chi connectivity index (χ2v) is 11.4. The van der Waals surface area contributed by atoms with Crippen LogP contribution in [-0.4, -0.2) is 62.3 Å². The molecule has 2 aliphatic heterocycles. The van der Waals surface area contributed by atoms with Gasteiger partial charge in [0.05, 0.1) is 28.2 Å². The minimum atomic E-state index is -0.763. The number of carbonyl (C=O) groups excluding carboxylic acids is 2. The predicted octanol–water partition coefficient (Wildman–Crippen LogP) is 3.73. The number of carbonyl (C=O) groups is 2. The van der Waals surface area contributed by atoms with E-state index in [1.807, 2.05) is 74.9 Å². The normalized spacial score (nSPS) is 19.6. The maximum absolute atomic E-state index is 14.0. The molecule has 2 aliphatic rings. The number of β-amino-alcohol motifs (C(OH)–C–C–N with tert-alkyl or cyclic N) is 1. The van der Waals surface area contributed by atoms with Gasteiger partial charge in [-0.25, -0.2) is 4.98 Å². The molecule has 3 aromatic rings. The Hall–Kier alpha value is -4.07. The maximum Gasteiger partial charge on any atom is 0.255 e. The van der Waals surface area contributed by atoms with Crippen molar-refractivity contribution in [2.24, 2.45) is 10.9 Å². The van der Waals surface area contributed by atoms with E-state index in [0.717, 1.165) is 27.3 Å². The Bertz CT molecular complexity index is 1480. The number of hydrogen-bond donors (Lipinski definition) is 2. The number of aliphatic hydroxyl groups excluding tert-OH is 1. The number of benzene rings is 2. The van der Waals surface area contributed by atoms with Gasteiger partial charge in [0, 0.05) is 31.6 Å². The summed E-state index contributed by atoms with van der Waals surface area (Å²) in [5.74, 6) is -0.253. The van der Waals surface area contributed by atoms with Crippen molar-refractivity contribution in [2.45, 2.75) is 58.5 Å². The first-order valence-electron chi connectivity index (χ1n) is 13.4. The van der Waals surface area contributed by atoms with Crippen molar-refractivity contribution in [3.05, 3.63) is 76.4 Å². The lowest BCUT2D eigenvalue weighted by Gasteiger charge is -2.35. The lowest BCUT2D eigenvalue weighted by Crippen LogP contribution is -2.55. The van der Waals surface area contributed by atoms with E-state index in [9.17, 15) is 20.0 Å². The molecule has 2 aromatic carbocycles. The van der Waals surface area contributed by atoms with Crippen molar-refractivity contribution in [3.63, 3.8) is 0 Å². The van der Waals surface area contributed by atoms with E-state index in [1.165, 1.54) is 0 Å². The molecule has 206 valence electrons. The average molecular weight is 557 g/mol. The fraction of sp³-hybridized carbons (Fsp3) is 0.367. The summed E-state index contributed by atoms with van der Waals surface area (Å²) < 4.78 is 0. The van der Waals surface area contributed by atoms with Crippen molar-refractivity contribution in [2.75, 3.05) is 6.54 Å². The number of nitriles is 1. The summed E-state index contributed by atoms with van der Waals surface area (Å²) in [6.45, 7) is 6.68. The molecule has 1 fully saturated rings. The molecule has 0 saturated carbocycles. The highest BCUT2D eigenvalue weighted by atomic mass is 32.1. The van der Waals surface area contributed by atoms with Gasteiger partial charge in [-0.3, -0.25) is 9.59 Å². The average Bonchev–Trinajstić information content (AvgIpc) is 3.64. The molecule has 0 spiro atoms. The molecule has 3 heterocycles. The Morgan fingerprint density at radius 2 is 2.00 bits per heavy atom. The zero-order chi connectivity index (χ0) is 28.4. The van der Waals surface area contributed by atoms with Gasteiger partial charge in [-0.15, -0.1) is 11.3 Å². The van der Waals surface area contributed by atoms with Gasteiger partial charge >= 0.3 is 0 Å². The fourth-order valence-corrected chi connectivity index (χ4v) is 6.41. The number of aromatic nitrogens is 1. The fourth-order valence-electron chi connectivity index (χ4n) is 5.60. The van der Waals surface area contributed by atoms with Gasteiger partial charge in [0.15, 0.2) is 0 Å². The zero-order valence-corrected chi connectivity index (χ0v) is 23.6. The molecule has 2 amide bonds. The van der Waals surface area contributed by atoms with Gasteiger partial charge in [-0.2, -0.15) is 10.3 Å². The first kappa shape index (κ1) is 27.5. The van der Waals surface area contributed by atoms with E-state index >= 15 is 0 Å². The van der Waals surface area contributed by atoms with Crippen molar-refractivity contribution in [3.8, 4) is 16.6 Å². The molecule has 1 saturated heterocycles. The van der Waals surface area contributed by atoms with E-state index in [2.05, 4.69) is 15.3 Å². The monoisotopic (exact) mass is 556 g/mol. The summed E-state index contributed by atoms with van der Waals surface area (Å²) in [6, 6.07) is 14.2. The quantitative estimate of drug-likeness (QED) is 0.260. The van der Waals surface area contributed by atoms with Crippen molar-refractivity contribution in [1.82, 2.24) is 20.1 Å². The highest BCUT2D eigenvalue weighted by molar-refractivity contribution is 7.13. The standard InChI is InChI=1S/C30H32N6O3S/c1-18(2)26(36-14-22-6-4-5-7-24(22)29(36)38)30(39)35-15-23(37)12-25(35)28(33-16-31)32-13-20-8-10-21(11-9-20)27-19(3)34-17-40-27/h4-11,17-18,23,25-26,37H,12-15H2,1-3H3,(H,32,33)/t23-,25+,26?/m1/s1. The van der Waals surface area contributed by atoms with Gasteiger partial charge in [0.25, 0.3) is 5.91 Å². The summed E-state index contributed by atoms with van der Waals surface area (Å²) in [5, 5.41) is 23.3. The predicted molar refractivity (Wildman–Crippen MR) is 153 cm³/mol. The number of nitrogens with zero attached hydrogens (tertiary/aromatic N) is 5.